The minimum Gasteiger partial charge on any atom is -0.344 e. The number of H-pyrrole nitrogens is 1. The molecule has 0 aliphatic carbocycles. The van der Waals surface area contributed by atoms with Crippen molar-refractivity contribution >= 4 is 17.7 Å². The molecule has 12 heteroatoms. The topological polar surface area (TPSA) is 151 Å². The van der Waals surface area contributed by atoms with Crippen LogP contribution < -0.4 is 10.6 Å². The SMILES string of the molecule is CC[C@H](C)[C@@H]1NC(=O)CCCN(C(=O)c2n[nH]nc2C)CCn2nc(C)nc2[C@H](Cc2ccccc2)NC1=O. The summed E-state index contributed by atoms with van der Waals surface area (Å²) in [6.07, 6.45) is 1.83. The van der Waals surface area contributed by atoms with Crippen LogP contribution in [0.3, 0.4) is 0 Å². The van der Waals surface area contributed by atoms with E-state index in [2.05, 4.69) is 31.1 Å². The Bertz CT molecular complexity index is 1290. The van der Waals surface area contributed by atoms with Crippen LogP contribution in [0.5, 0.6) is 0 Å². The molecular formula is C27H37N9O3. The summed E-state index contributed by atoms with van der Waals surface area (Å²) in [7, 11) is 0. The lowest BCUT2D eigenvalue weighted by atomic mass is 9.97. The number of nitrogens with one attached hydrogen (secondary N) is 3. The maximum atomic E-state index is 13.6. The first kappa shape index (κ1) is 27.9. The Morgan fingerprint density at radius 3 is 2.54 bits per heavy atom. The lowest BCUT2D eigenvalue weighted by Crippen LogP contribution is -2.51. The van der Waals surface area contributed by atoms with Gasteiger partial charge in [0, 0.05) is 19.5 Å². The average molecular weight is 536 g/mol. The number of aryl methyl sites for hydroxylation is 2. The van der Waals surface area contributed by atoms with E-state index in [1.54, 1.807) is 23.4 Å². The highest BCUT2D eigenvalue weighted by Crippen LogP contribution is 2.20. The summed E-state index contributed by atoms with van der Waals surface area (Å²) in [5.41, 5.74) is 1.79. The molecule has 0 spiro atoms. The molecule has 2 aromatic heterocycles. The largest absolute Gasteiger partial charge is 0.344 e. The molecule has 0 bridgehead atoms. The summed E-state index contributed by atoms with van der Waals surface area (Å²) >= 11 is 0. The first-order valence-corrected chi connectivity index (χ1v) is 13.5. The molecular weight excluding hydrogens is 498 g/mol. The molecule has 12 nitrogen and oxygen atoms in total. The van der Waals surface area contributed by atoms with Crippen LogP contribution in [0.25, 0.3) is 0 Å². The van der Waals surface area contributed by atoms with Gasteiger partial charge in [-0.3, -0.25) is 14.4 Å². The van der Waals surface area contributed by atoms with E-state index >= 15 is 0 Å². The highest BCUT2D eigenvalue weighted by atomic mass is 16.2. The summed E-state index contributed by atoms with van der Waals surface area (Å²) in [4.78, 5) is 46.2. The number of hydrogen-bond acceptors (Lipinski definition) is 7. The highest BCUT2D eigenvalue weighted by molar-refractivity contribution is 5.93. The van der Waals surface area contributed by atoms with Gasteiger partial charge in [-0.15, -0.1) is 0 Å². The maximum absolute atomic E-state index is 13.6. The van der Waals surface area contributed by atoms with Gasteiger partial charge in [-0.2, -0.15) is 20.5 Å². The van der Waals surface area contributed by atoms with Crippen LogP contribution in [-0.2, 0) is 22.6 Å². The number of benzene rings is 1. The number of hydrogen-bond donors (Lipinski definition) is 3. The maximum Gasteiger partial charge on any atom is 0.276 e. The van der Waals surface area contributed by atoms with E-state index in [9.17, 15) is 14.4 Å². The van der Waals surface area contributed by atoms with E-state index in [0.717, 1.165) is 12.0 Å². The lowest BCUT2D eigenvalue weighted by Gasteiger charge is -2.28. The van der Waals surface area contributed by atoms with Crippen LogP contribution >= 0.6 is 0 Å². The molecule has 3 aromatic rings. The van der Waals surface area contributed by atoms with Crippen LogP contribution in [0.1, 0.15) is 72.5 Å². The molecule has 0 unspecified atom stereocenters. The molecule has 208 valence electrons. The highest BCUT2D eigenvalue weighted by Gasteiger charge is 2.31. The normalized spacial score (nSPS) is 19.9. The lowest BCUT2D eigenvalue weighted by molar-refractivity contribution is -0.130. The number of carbonyl (C=O) groups excluding carboxylic acids is 3. The minimum atomic E-state index is -0.698. The van der Waals surface area contributed by atoms with Gasteiger partial charge >= 0.3 is 0 Å². The van der Waals surface area contributed by atoms with Gasteiger partial charge in [0.05, 0.1) is 18.3 Å². The Labute approximate surface area is 228 Å². The number of nitrogens with zero attached hydrogens (tertiary/aromatic N) is 6. The molecule has 1 aliphatic heterocycles. The summed E-state index contributed by atoms with van der Waals surface area (Å²) in [6, 6.07) is 8.66. The Morgan fingerprint density at radius 1 is 1.08 bits per heavy atom. The fourth-order valence-electron chi connectivity index (χ4n) is 4.76. The molecule has 3 heterocycles. The van der Waals surface area contributed by atoms with Crippen molar-refractivity contribution in [3.05, 3.63) is 58.9 Å². The number of carbonyl (C=O) groups is 3. The van der Waals surface area contributed by atoms with Crippen molar-refractivity contribution in [3.8, 4) is 0 Å². The van der Waals surface area contributed by atoms with Crippen LogP contribution in [-0.4, -0.2) is 71.9 Å². The van der Waals surface area contributed by atoms with Crippen molar-refractivity contribution < 1.29 is 14.4 Å². The zero-order valence-electron chi connectivity index (χ0n) is 23.0. The van der Waals surface area contributed by atoms with Crippen molar-refractivity contribution in [2.75, 3.05) is 13.1 Å². The second kappa shape index (κ2) is 12.6. The molecule has 0 radical (unpaired) electrons. The van der Waals surface area contributed by atoms with Gasteiger partial charge in [0.25, 0.3) is 5.91 Å². The number of aromatic nitrogens is 6. The quantitative estimate of drug-likeness (QED) is 0.451. The van der Waals surface area contributed by atoms with Crippen molar-refractivity contribution in [1.82, 2.24) is 45.7 Å². The van der Waals surface area contributed by atoms with Crippen LogP contribution in [0.2, 0.25) is 0 Å². The third-order valence-electron chi connectivity index (χ3n) is 7.15. The van der Waals surface area contributed by atoms with E-state index in [1.807, 2.05) is 44.2 Å². The van der Waals surface area contributed by atoms with E-state index in [0.29, 0.717) is 49.8 Å². The first-order chi connectivity index (χ1) is 18.8. The molecule has 39 heavy (non-hydrogen) atoms. The summed E-state index contributed by atoms with van der Waals surface area (Å²) in [5.74, 6) is 0.350. The minimum absolute atomic E-state index is 0.0768. The van der Waals surface area contributed by atoms with E-state index in [1.165, 1.54) is 0 Å². The van der Waals surface area contributed by atoms with Gasteiger partial charge in [-0.25, -0.2) is 9.67 Å². The predicted molar refractivity (Wildman–Crippen MR) is 143 cm³/mol. The Morgan fingerprint density at radius 2 is 1.85 bits per heavy atom. The van der Waals surface area contributed by atoms with Gasteiger partial charge in [0.2, 0.25) is 11.8 Å². The Balaban J connectivity index is 1.70. The van der Waals surface area contributed by atoms with Crippen LogP contribution in [0.4, 0.5) is 0 Å². The van der Waals surface area contributed by atoms with Gasteiger partial charge in [-0.05, 0) is 38.2 Å². The van der Waals surface area contributed by atoms with Gasteiger partial charge in [0.1, 0.15) is 17.7 Å². The Kier molecular flexibility index (Phi) is 9.05. The predicted octanol–water partition coefficient (Wildman–Crippen LogP) is 1.88. The molecule has 4 rings (SSSR count). The van der Waals surface area contributed by atoms with E-state index in [-0.39, 0.29) is 35.8 Å². The number of amides is 3. The Hall–Kier alpha value is -4.09. The smallest absolute Gasteiger partial charge is 0.276 e. The second-order valence-corrected chi connectivity index (χ2v) is 10.1. The van der Waals surface area contributed by atoms with E-state index < -0.39 is 12.1 Å². The molecule has 3 amide bonds. The van der Waals surface area contributed by atoms with Gasteiger partial charge < -0.3 is 15.5 Å². The van der Waals surface area contributed by atoms with Gasteiger partial charge in [0.15, 0.2) is 5.69 Å². The molecule has 0 fully saturated rings. The van der Waals surface area contributed by atoms with Crippen molar-refractivity contribution in [2.24, 2.45) is 5.92 Å². The van der Waals surface area contributed by atoms with Crippen LogP contribution in [0, 0.1) is 19.8 Å². The van der Waals surface area contributed by atoms with E-state index in [4.69, 9.17) is 4.98 Å². The molecule has 1 aliphatic rings. The number of rotatable bonds is 5. The fraction of sp³-hybridized carbons (Fsp3) is 0.519. The molecule has 3 atom stereocenters. The zero-order valence-corrected chi connectivity index (χ0v) is 23.0. The van der Waals surface area contributed by atoms with Gasteiger partial charge in [-0.1, -0.05) is 50.6 Å². The molecule has 3 N–H and O–H groups in total. The van der Waals surface area contributed by atoms with Crippen molar-refractivity contribution in [1.29, 1.82) is 0 Å². The molecule has 1 aromatic carbocycles. The molecule has 0 saturated carbocycles. The number of fused-ring (bicyclic) bond motifs is 1. The third kappa shape index (κ3) is 6.87. The average Bonchev–Trinajstić information content (AvgIpc) is 3.52. The first-order valence-electron chi connectivity index (χ1n) is 13.5. The summed E-state index contributed by atoms with van der Waals surface area (Å²) < 4.78 is 1.77. The number of aromatic amines is 1. The monoisotopic (exact) mass is 535 g/mol. The second-order valence-electron chi connectivity index (χ2n) is 10.1. The zero-order chi connectivity index (χ0) is 27.9. The third-order valence-corrected chi connectivity index (χ3v) is 7.15. The van der Waals surface area contributed by atoms with Crippen molar-refractivity contribution in [3.63, 3.8) is 0 Å². The summed E-state index contributed by atoms with van der Waals surface area (Å²) in [5, 5.41) is 21.2. The standard InChI is InChI=1S/C27H37N9O3/c1-5-17(2)23-26(38)29-21(16-20-10-7-6-8-11-20)25-28-19(4)33-36(25)15-14-35(13-9-12-22(37)30-23)27(39)24-18(3)31-34-32-24/h6-8,10-11,17,21,23H,5,9,12-16H2,1-4H3,(H,29,38)(H,30,37)(H,31,32,34)/t17-,21-,23-/m0/s1. The fourth-order valence-corrected chi connectivity index (χ4v) is 4.76. The van der Waals surface area contributed by atoms with Crippen LogP contribution in [0.15, 0.2) is 30.3 Å². The molecule has 0 saturated heterocycles. The van der Waals surface area contributed by atoms with Crippen molar-refractivity contribution in [2.45, 2.75) is 72.0 Å². The summed E-state index contributed by atoms with van der Waals surface area (Å²) in [6.45, 7) is 8.50.